The fourth-order valence-corrected chi connectivity index (χ4v) is 2.61. The molecule has 0 aliphatic carbocycles. The molecule has 8 heteroatoms. The van der Waals surface area contributed by atoms with Crippen LogP contribution in [0.1, 0.15) is 12.5 Å². The molecule has 1 atom stereocenters. The highest BCUT2D eigenvalue weighted by molar-refractivity contribution is 6.30. The molecule has 0 radical (unpaired) electrons. The van der Waals surface area contributed by atoms with Crippen LogP contribution in [-0.4, -0.2) is 35.9 Å². The second-order valence-electron chi connectivity index (χ2n) is 5.85. The summed E-state index contributed by atoms with van der Waals surface area (Å²) in [7, 11) is 3.22. The van der Waals surface area contributed by atoms with E-state index in [0.717, 1.165) is 5.56 Å². The fourth-order valence-electron chi connectivity index (χ4n) is 2.39. The Hall–Kier alpha value is -2.64. The van der Waals surface area contributed by atoms with Crippen molar-refractivity contribution < 1.29 is 14.5 Å². The summed E-state index contributed by atoms with van der Waals surface area (Å²) in [6, 6.07) is 11.1. The van der Waals surface area contributed by atoms with Gasteiger partial charge in [-0.25, -0.2) is 0 Å². The monoisotopic (exact) mass is 377 g/mol. The van der Waals surface area contributed by atoms with Gasteiger partial charge in [-0.05, 0) is 37.7 Å². The number of carbonyl (C=O) groups excluding carboxylic acids is 1. The highest BCUT2D eigenvalue weighted by atomic mass is 35.5. The zero-order valence-corrected chi connectivity index (χ0v) is 15.5. The molecule has 2 aromatic carbocycles. The predicted molar refractivity (Wildman–Crippen MR) is 101 cm³/mol. The first kappa shape index (κ1) is 19.7. The van der Waals surface area contributed by atoms with Gasteiger partial charge < -0.3 is 10.1 Å². The number of anilines is 1. The van der Waals surface area contributed by atoms with Crippen LogP contribution in [0.25, 0.3) is 0 Å². The number of nitrogens with zero attached hydrogens (tertiary/aromatic N) is 2. The standard InChI is InChI=1S/C18H20ClN3O4/c1-12(21(2)11-13-5-4-6-14(19)9-13)18(23)20-16-8-7-15(22(24)25)10-17(16)26-3/h4-10,12H,11H2,1-3H3,(H,20,23)/t12-/m0/s1. The molecule has 0 aromatic heterocycles. The number of nitro benzene ring substituents is 1. The fraction of sp³-hybridized carbons (Fsp3) is 0.278. The third kappa shape index (κ3) is 4.93. The summed E-state index contributed by atoms with van der Waals surface area (Å²) in [5.74, 6) is -0.0149. The number of amides is 1. The van der Waals surface area contributed by atoms with E-state index in [1.165, 1.54) is 25.3 Å². The quantitative estimate of drug-likeness (QED) is 0.587. The van der Waals surface area contributed by atoms with E-state index in [1.807, 2.05) is 30.1 Å². The second kappa shape index (κ2) is 8.64. The lowest BCUT2D eigenvalue weighted by Gasteiger charge is -2.24. The van der Waals surface area contributed by atoms with Crippen LogP contribution in [0.4, 0.5) is 11.4 Å². The van der Waals surface area contributed by atoms with Crippen molar-refractivity contribution in [3.05, 3.63) is 63.2 Å². The van der Waals surface area contributed by atoms with Gasteiger partial charge in [-0.3, -0.25) is 19.8 Å². The summed E-state index contributed by atoms with van der Waals surface area (Å²) >= 11 is 5.99. The van der Waals surface area contributed by atoms with Crippen molar-refractivity contribution >= 4 is 28.9 Å². The van der Waals surface area contributed by atoms with E-state index in [4.69, 9.17) is 16.3 Å². The third-order valence-corrected chi connectivity index (χ3v) is 4.25. The molecule has 26 heavy (non-hydrogen) atoms. The molecule has 0 saturated heterocycles. The molecule has 0 bridgehead atoms. The Labute approximate surface area is 156 Å². The summed E-state index contributed by atoms with van der Waals surface area (Å²) in [6.45, 7) is 2.32. The molecule has 1 amide bonds. The average Bonchev–Trinajstić information content (AvgIpc) is 2.61. The van der Waals surface area contributed by atoms with Gasteiger partial charge in [0.05, 0.1) is 29.8 Å². The van der Waals surface area contributed by atoms with Crippen molar-refractivity contribution in [2.24, 2.45) is 0 Å². The first-order valence-corrected chi connectivity index (χ1v) is 8.27. The maximum absolute atomic E-state index is 12.5. The molecule has 2 aromatic rings. The number of methoxy groups -OCH3 is 1. The number of hydrogen-bond donors (Lipinski definition) is 1. The molecule has 1 N–H and O–H groups in total. The largest absolute Gasteiger partial charge is 0.494 e. The van der Waals surface area contributed by atoms with Crippen LogP contribution in [0.5, 0.6) is 5.75 Å². The van der Waals surface area contributed by atoms with Crippen molar-refractivity contribution in [3.63, 3.8) is 0 Å². The van der Waals surface area contributed by atoms with Gasteiger partial charge in [-0.15, -0.1) is 0 Å². The van der Waals surface area contributed by atoms with E-state index in [0.29, 0.717) is 17.3 Å². The van der Waals surface area contributed by atoms with Gasteiger partial charge in [0.15, 0.2) is 0 Å². The minimum Gasteiger partial charge on any atom is -0.494 e. The van der Waals surface area contributed by atoms with Gasteiger partial charge in [0.2, 0.25) is 5.91 Å². The molecule has 0 saturated carbocycles. The zero-order chi connectivity index (χ0) is 19.3. The molecule has 0 fully saturated rings. The van der Waals surface area contributed by atoms with E-state index >= 15 is 0 Å². The number of carbonyl (C=O) groups is 1. The van der Waals surface area contributed by atoms with Gasteiger partial charge in [0.1, 0.15) is 5.75 Å². The summed E-state index contributed by atoms with van der Waals surface area (Å²) < 4.78 is 5.14. The predicted octanol–water partition coefficient (Wildman–Crippen LogP) is 3.72. The molecule has 138 valence electrons. The molecule has 0 unspecified atom stereocenters. The number of ether oxygens (including phenoxy) is 1. The first-order chi connectivity index (χ1) is 12.3. The maximum atomic E-state index is 12.5. The zero-order valence-electron chi connectivity index (χ0n) is 14.7. The Morgan fingerprint density at radius 2 is 2.08 bits per heavy atom. The highest BCUT2D eigenvalue weighted by Crippen LogP contribution is 2.29. The number of likely N-dealkylation sites (N-methyl/N-ethyl adjacent to an activating group) is 1. The molecule has 0 heterocycles. The molecular formula is C18H20ClN3O4. The molecular weight excluding hydrogens is 358 g/mol. The van der Waals surface area contributed by atoms with Crippen molar-refractivity contribution in [2.75, 3.05) is 19.5 Å². The Morgan fingerprint density at radius 1 is 1.35 bits per heavy atom. The summed E-state index contributed by atoms with van der Waals surface area (Å²) in [4.78, 5) is 24.7. The van der Waals surface area contributed by atoms with Gasteiger partial charge in [0.25, 0.3) is 5.69 Å². The van der Waals surface area contributed by atoms with Crippen LogP contribution in [0.2, 0.25) is 5.02 Å². The van der Waals surface area contributed by atoms with Crippen molar-refractivity contribution in [1.82, 2.24) is 4.90 Å². The molecule has 0 spiro atoms. The first-order valence-electron chi connectivity index (χ1n) is 7.89. The van der Waals surface area contributed by atoms with Crippen LogP contribution < -0.4 is 10.1 Å². The minimum atomic E-state index is -0.518. The van der Waals surface area contributed by atoms with Crippen molar-refractivity contribution in [3.8, 4) is 5.75 Å². The lowest BCUT2D eigenvalue weighted by Crippen LogP contribution is -2.39. The van der Waals surface area contributed by atoms with Gasteiger partial charge in [-0.1, -0.05) is 23.7 Å². The van der Waals surface area contributed by atoms with Gasteiger partial charge in [0, 0.05) is 17.6 Å². The van der Waals surface area contributed by atoms with E-state index in [-0.39, 0.29) is 17.3 Å². The van der Waals surface area contributed by atoms with E-state index in [9.17, 15) is 14.9 Å². The summed E-state index contributed by atoms with van der Waals surface area (Å²) in [6.07, 6.45) is 0. The molecule has 7 nitrogen and oxygen atoms in total. The van der Waals surface area contributed by atoms with Crippen LogP contribution >= 0.6 is 11.6 Å². The summed E-state index contributed by atoms with van der Waals surface area (Å²) in [5.41, 5.74) is 1.27. The number of hydrogen-bond acceptors (Lipinski definition) is 5. The van der Waals surface area contributed by atoms with E-state index in [1.54, 1.807) is 13.0 Å². The van der Waals surface area contributed by atoms with Crippen LogP contribution in [0, 0.1) is 10.1 Å². The number of rotatable bonds is 7. The van der Waals surface area contributed by atoms with Gasteiger partial charge in [-0.2, -0.15) is 0 Å². The lowest BCUT2D eigenvalue weighted by atomic mass is 10.2. The third-order valence-electron chi connectivity index (χ3n) is 4.02. The SMILES string of the molecule is COc1cc([N+](=O)[O-])ccc1NC(=O)[C@H](C)N(C)Cc1cccc(Cl)c1. The molecule has 2 rings (SSSR count). The topological polar surface area (TPSA) is 84.7 Å². The second-order valence-corrected chi connectivity index (χ2v) is 6.29. The Morgan fingerprint density at radius 3 is 2.69 bits per heavy atom. The highest BCUT2D eigenvalue weighted by Gasteiger charge is 2.20. The minimum absolute atomic E-state index is 0.106. The Bertz CT molecular complexity index is 813. The Balaban J connectivity index is 2.07. The number of benzene rings is 2. The maximum Gasteiger partial charge on any atom is 0.273 e. The number of halogens is 1. The molecule has 0 aliphatic rings. The molecule has 0 aliphatic heterocycles. The van der Waals surface area contributed by atoms with Crippen molar-refractivity contribution in [1.29, 1.82) is 0 Å². The number of nitro groups is 1. The Kier molecular flexibility index (Phi) is 6.54. The number of non-ortho nitro benzene ring substituents is 1. The van der Waals surface area contributed by atoms with Crippen LogP contribution in [0.3, 0.4) is 0 Å². The normalized spacial score (nSPS) is 11.9. The van der Waals surface area contributed by atoms with Gasteiger partial charge >= 0.3 is 0 Å². The number of nitrogens with one attached hydrogen (secondary N) is 1. The van der Waals surface area contributed by atoms with Crippen LogP contribution in [0.15, 0.2) is 42.5 Å². The lowest BCUT2D eigenvalue weighted by molar-refractivity contribution is -0.384. The van der Waals surface area contributed by atoms with E-state index < -0.39 is 11.0 Å². The smallest absolute Gasteiger partial charge is 0.273 e. The van der Waals surface area contributed by atoms with E-state index in [2.05, 4.69) is 5.32 Å². The van der Waals surface area contributed by atoms with Crippen LogP contribution in [-0.2, 0) is 11.3 Å². The summed E-state index contributed by atoms with van der Waals surface area (Å²) in [5, 5.41) is 14.2. The van der Waals surface area contributed by atoms with Crippen molar-refractivity contribution in [2.45, 2.75) is 19.5 Å². The average molecular weight is 378 g/mol.